The highest BCUT2D eigenvalue weighted by molar-refractivity contribution is 6.15. The van der Waals surface area contributed by atoms with Crippen molar-refractivity contribution in [2.45, 2.75) is 25.9 Å². The summed E-state index contributed by atoms with van der Waals surface area (Å²) in [5.74, 6) is -0.988. The first-order chi connectivity index (χ1) is 16.0. The highest BCUT2D eigenvalue weighted by atomic mass is 16.4. The van der Waals surface area contributed by atoms with Crippen molar-refractivity contribution in [3.05, 3.63) is 71.7 Å². The molecule has 0 aliphatic carbocycles. The summed E-state index contributed by atoms with van der Waals surface area (Å²) in [4.78, 5) is 21.1. The number of aromatic hydroxyl groups is 1. The molecule has 1 fully saturated rings. The van der Waals surface area contributed by atoms with Crippen LogP contribution in [-0.4, -0.2) is 63.2 Å². The molecule has 2 aromatic carbocycles. The lowest BCUT2D eigenvalue weighted by Gasteiger charge is -2.41. The number of hydrogen-bond acceptors (Lipinski definition) is 6. The Labute approximate surface area is 191 Å². The van der Waals surface area contributed by atoms with Gasteiger partial charge in [-0.05, 0) is 31.5 Å². The molecule has 7 heteroatoms. The maximum absolute atomic E-state index is 12.2. The second-order valence-corrected chi connectivity index (χ2v) is 8.82. The highest BCUT2D eigenvalue weighted by Crippen LogP contribution is 2.46. The molecule has 33 heavy (non-hydrogen) atoms. The Morgan fingerprint density at radius 1 is 1.00 bits per heavy atom. The molecule has 1 aliphatic rings. The van der Waals surface area contributed by atoms with Crippen molar-refractivity contribution < 1.29 is 19.4 Å². The van der Waals surface area contributed by atoms with E-state index in [1.54, 1.807) is 12.4 Å². The van der Waals surface area contributed by atoms with Gasteiger partial charge >= 0.3 is 5.97 Å². The average Bonchev–Trinajstić information content (AvgIpc) is 3.28. The van der Waals surface area contributed by atoms with Gasteiger partial charge in [0.1, 0.15) is 23.2 Å². The van der Waals surface area contributed by atoms with Gasteiger partial charge in [-0.25, -0.2) is 4.79 Å². The molecule has 1 unspecified atom stereocenters. The van der Waals surface area contributed by atoms with Crippen LogP contribution in [0.3, 0.4) is 0 Å². The lowest BCUT2D eigenvalue weighted by atomic mass is 9.89. The van der Waals surface area contributed by atoms with Gasteiger partial charge in [-0.1, -0.05) is 24.3 Å². The maximum Gasteiger partial charge on any atom is 0.339 e. The van der Waals surface area contributed by atoms with Crippen LogP contribution >= 0.6 is 0 Å². The zero-order valence-corrected chi connectivity index (χ0v) is 18.7. The third-order valence-corrected chi connectivity index (χ3v) is 6.71. The first-order valence-corrected chi connectivity index (χ1v) is 11.2. The van der Waals surface area contributed by atoms with Crippen LogP contribution in [-0.2, 0) is 0 Å². The normalized spacial score (nSPS) is 16.6. The summed E-state index contributed by atoms with van der Waals surface area (Å²) in [6.07, 6.45) is 4.74. The van der Waals surface area contributed by atoms with E-state index < -0.39 is 5.97 Å². The summed E-state index contributed by atoms with van der Waals surface area (Å²) in [7, 11) is 0. The topological polar surface area (TPSA) is 90.0 Å². The number of rotatable bonds is 5. The summed E-state index contributed by atoms with van der Waals surface area (Å²) in [5.41, 5.74) is 2.06. The zero-order valence-electron chi connectivity index (χ0n) is 18.7. The van der Waals surface area contributed by atoms with Crippen molar-refractivity contribution in [1.82, 2.24) is 14.8 Å². The largest absolute Gasteiger partial charge is 0.507 e. The molecule has 2 aromatic heterocycles. The summed E-state index contributed by atoms with van der Waals surface area (Å²) >= 11 is 0. The van der Waals surface area contributed by atoms with Gasteiger partial charge in [0.2, 0.25) is 0 Å². The second-order valence-electron chi connectivity index (χ2n) is 8.82. The molecule has 0 amide bonds. The molecule has 0 saturated carbocycles. The van der Waals surface area contributed by atoms with Crippen LogP contribution in [0, 0.1) is 0 Å². The predicted octanol–water partition coefficient (Wildman–Crippen LogP) is 4.50. The smallest absolute Gasteiger partial charge is 0.339 e. The molecular formula is C26H27N3O4. The number of furan rings is 1. The van der Waals surface area contributed by atoms with E-state index in [-0.39, 0.29) is 17.4 Å². The fraction of sp³-hybridized carbons (Fsp3) is 0.308. The summed E-state index contributed by atoms with van der Waals surface area (Å²) in [6.45, 7) is 7.76. The molecular weight excluding hydrogens is 418 g/mol. The predicted molar refractivity (Wildman–Crippen MR) is 127 cm³/mol. The van der Waals surface area contributed by atoms with E-state index in [2.05, 4.69) is 28.6 Å². The van der Waals surface area contributed by atoms with Crippen molar-refractivity contribution >= 4 is 27.7 Å². The minimum Gasteiger partial charge on any atom is -0.507 e. The summed E-state index contributed by atoms with van der Waals surface area (Å²) in [5, 5.41) is 23.3. The second kappa shape index (κ2) is 8.50. The summed E-state index contributed by atoms with van der Waals surface area (Å²) in [6, 6.07) is 11.4. The SMILES string of the molecule is CC(C)N1CCN(C(c2ccncc2)c2c(O)c3ccccc3c3occ(C(=O)O)c23)CC1. The number of phenols is 1. The maximum atomic E-state index is 12.2. The van der Waals surface area contributed by atoms with Crippen molar-refractivity contribution in [2.75, 3.05) is 26.2 Å². The number of fused-ring (bicyclic) bond motifs is 3. The van der Waals surface area contributed by atoms with E-state index in [0.29, 0.717) is 33.3 Å². The third-order valence-electron chi connectivity index (χ3n) is 6.71. The number of phenolic OH excluding ortho intramolecular Hbond substituents is 1. The van der Waals surface area contributed by atoms with Crippen molar-refractivity contribution in [3.8, 4) is 5.75 Å². The van der Waals surface area contributed by atoms with Crippen molar-refractivity contribution in [1.29, 1.82) is 0 Å². The van der Waals surface area contributed by atoms with Gasteiger partial charge in [0.25, 0.3) is 0 Å². The number of carbonyl (C=O) groups is 1. The molecule has 5 rings (SSSR count). The number of nitrogens with zero attached hydrogens (tertiary/aromatic N) is 3. The van der Waals surface area contributed by atoms with Gasteiger partial charge in [-0.15, -0.1) is 0 Å². The Hall–Kier alpha value is -3.42. The number of aromatic nitrogens is 1. The molecule has 1 saturated heterocycles. The molecule has 7 nitrogen and oxygen atoms in total. The highest BCUT2D eigenvalue weighted by Gasteiger charge is 2.33. The van der Waals surface area contributed by atoms with E-state index in [4.69, 9.17) is 4.42 Å². The lowest BCUT2D eigenvalue weighted by Crippen LogP contribution is -2.50. The Kier molecular flexibility index (Phi) is 5.52. The van der Waals surface area contributed by atoms with E-state index in [0.717, 1.165) is 31.7 Å². The first kappa shape index (κ1) is 21.4. The molecule has 4 aromatic rings. The van der Waals surface area contributed by atoms with Crippen LogP contribution in [0.2, 0.25) is 0 Å². The molecule has 3 heterocycles. The number of carboxylic acids is 1. The zero-order chi connectivity index (χ0) is 23.1. The Balaban J connectivity index is 1.78. The third kappa shape index (κ3) is 3.63. The van der Waals surface area contributed by atoms with Crippen LogP contribution in [0.4, 0.5) is 0 Å². The van der Waals surface area contributed by atoms with Gasteiger partial charge in [0.15, 0.2) is 0 Å². The Bertz CT molecular complexity index is 1310. The number of carboxylic acid groups (broad SMARTS) is 1. The van der Waals surface area contributed by atoms with Crippen molar-refractivity contribution in [3.63, 3.8) is 0 Å². The number of piperazine rings is 1. The van der Waals surface area contributed by atoms with Gasteiger partial charge in [-0.3, -0.25) is 14.8 Å². The van der Waals surface area contributed by atoms with Crippen LogP contribution in [0.25, 0.3) is 21.7 Å². The fourth-order valence-corrected chi connectivity index (χ4v) is 5.02. The molecule has 0 bridgehead atoms. The minimum absolute atomic E-state index is 0.0564. The van der Waals surface area contributed by atoms with E-state index in [9.17, 15) is 15.0 Å². The van der Waals surface area contributed by atoms with Gasteiger partial charge in [0.05, 0.1) is 6.04 Å². The number of pyridine rings is 1. The van der Waals surface area contributed by atoms with Crippen molar-refractivity contribution in [2.24, 2.45) is 0 Å². The van der Waals surface area contributed by atoms with E-state index in [1.165, 1.54) is 6.26 Å². The molecule has 170 valence electrons. The van der Waals surface area contributed by atoms with E-state index >= 15 is 0 Å². The molecule has 1 aliphatic heterocycles. The van der Waals surface area contributed by atoms with Crippen LogP contribution in [0.5, 0.6) is 5.75 Å². The Morgan fingerprint density at radius 2 is 1.64 bits per heavy atom. The van der Waals surface area contributed by atoms with Gasteiger partial charge < -0.3 is 14.6 Å². The first-order valence-electron chi connectivity index (χ1n) is 11.2. The van der Waals surface area contributed by atoms with Crippen LogP contribution < -0.4 is 0 Å². The molecule has 0 spiro atoms. The number of benzene rings is 2. The lowest BCUT2D eigenvalue weighted by molar-refractivity contribution is 0.0697. The minimum atomic E-state index is -1.08. The summed E-state index contributed by atoms with van der Waals surface area (Å²) < 4.78 is 5.81. The Morgan fingerprint density at radius 3 is 2.27 bits per heavy atom. The molecule has 0 radical (unpaired) electrons. The van der Waals surface area contributed by atoms with Gasteiger partial charge in [0, 0.05) is 66.3 Å². The number of hydrogen-bond donors (Lipinski definition) is 2. The van der Waals surface area contributed by atoms with Crippen LogP contribution in [0.1, 0.15) is 41.4 Å². The molecule has 1 atom stereocenters. The monoisotopic (exact) mass is 445 g/mol. The average molecular weight is 446 g/mol. The quantitative estimate of drug-likeness (QED) is 0.467. The van der Waals surface area contributed by atoms with Crippen LogP contribution in [0.15, 0.2) is 59.5 Å². The number of aromatic carboxylic acids is 1. The van der Waals surface area contributed by atoms with E-state index in [1.807, 2.05) is 36.4 Å². The van der Waals surface area contributed by atoms with Gasteiger partial charge in [-0.2, -0.15) is 0 Å². The fourth-order valence-electron chi connectivity index (χ4n) is 5.02. The standard InChI is InChI=1S/C26H27N3O4/c1-16(2)28-11-13-29(14-12-28)23(17-7-9-27-10-8-17)22-21-20(26(31)32)15-33-25(21)19-6-4-3-5-18(19)24(22)30/h3-10,15-16,23,30H,11-14H2,1-2H3,(H,31,32). The molecule has 2 N–H and O–H groups in total.